The molecular weight excluding hydrogens is 424 g/mol. The van der Waals surface area contributed by atoms with Crippen LogP contribution < -0.4 is 14.8 Å². The molecule has 0 fully saturated rings. The molecule has 0 saturated carbocycles. The Balaban J connectivity index is 1.53. The minimum Gasteiger partial charge on any atom is -0.490 e. The number of nitrogens with one attached hydrogen (secondary N) is 1. The summed E-state index contributed by atoms with van der Waals surface area (Å²) >= 11 is 1.13. The number of nitrogens with zero attached hydrogens (tertiary/aromatic N) is 1. The van der Waals surface area contributed by atoms with Crippen molar-refractivity contribution >= 4 is 45.6 Å². The zero-order valence-corrected chi connectivity index (χ0v) is 18.6. The van der Waals surface area contributed by atoms with Gasteiger partial charge in [-0.05, 0) is 58.8 Å². The lowest BCUT2D eigenvalue weighted by atomic mass is 10.1. The van der Waals surface area contributed by atoms with Crippen molar-refractivity contribution in [1.82, 2.24) is 5.32 Å². The van der Waals surface area contributed by atoms with Gasteiger partial charge in [0.25, 0.3) is 5.91 Å². The van der Waals surface area contributed by atoms with Crippen molar-refractivity contribution in [3.8, 4) is 11.5 Å². The Hall–Kier alpha value is -3.58. The molecule has 3 aromatic carbocycles. The summed E-state index contributed by atoms with van der Waals surface area (Å²) in [6, 6.07) is 19.9. The van der Waals surface area contributed by atoms with Gasteiger partial charge in [0.1, 0.15) is 6.61 Å². The van der Waals surface area contributed by atoms with Crippen molar-refractivity contribution in [3.63, 3.8) is 0 Å². The second-order valence-corrected chi connectivity index (χ2v) is 8.11. The Morgan fingerprint density at radius 1 is 1.06 bits per heavy atom. The number of fused-ring (bicyclic) bond motifs is 1. The van der Waals surface area contributed by atoms with Gasteiger partial charge >= 0.3 is 0 Å². The van der Waals surface area contributed by atoms with Crippen molar-refractivity contribution in [1.29, 1.82) is 0 Å². The number of thioether (sulfide) groups is 1. The lowest BCUT2D eigenvalue weighted by Gasteiger charge is -2.14. The highest BCUT2D eigenvalue weighted by Gasteiger charge is 2.22. The summed E-state index contributed by atoms with van der Waals surface area (Å²) in [6.07, 6.45) is 1.72. The van der Waals surface area contributed by atoms with Gasteiger partial charge in [-0.2, -0.15) is 4.99 Å². The van der Waals surface area contributed by atoms with Crippen LogP contribution in [-0.2, 0) is 16.2 Å². The second-order valence-electron chi connectivity index (χ2n) is 7.08. The van der Waals surface area contributed by atoms with E-state index in [1.54, 1.807) is 6.08 Å². The normalized spacial score (nSPS) is 14.5. The van der Waals surface area contributed by atoms with E-state index >= 15 is 0 Å². The largest absolute Gasteiger partial charge is 0.490 e. The standard InChI is InChI=1S/C25H22N2O4S/c1-3-30-22-13-17(14-23-24(29)27-25(32-23)26-16(2)28)11-12-21(22)31-15-19-9-6-8-18-7-4-5-10-20(18)19/h4-14H,3,15H2,1-2H3,(H,26,27,28,29)/b23-14-. The average molecular weight is 447 g/mol. The quantitative estimate of drug-likeness (QED) is 0.544. The van der Waals surface area contributed by atoms with Crippen LogP contribution in [0.1, 0.15) is 25.0 Å². The molecule has 2 amide bonds. The van der Waals surface area contributed by atoms with Crippen LogP contribution in [0.4, 0.5) is 0 Å². The summed E-state index contributed by atoms with van der Waals surface area (Å²) in [6.45, 7) is 4.17. The highest BCUT2D eigenvalue weighted by atomic mass is 32.2. The minimum atomic E-state index is -0.381. The summed E-state index contributed by atoms with van der Waals surface area (Å²) < 4.78 is 11.9. The van der Waals surface area contributed by atoms with E-state index in [9.17, 15) is 9.59 Å². The van der Waals surface area contributed by atoms with E-state index in [1.165, 1.54) is 12.3 Å². The molecule has 0 unspecified atom stereocenters. The number of amidine groups is 1. The highest BCUT2D eigenvalue weighted by molar-refractivity contribution is 8.18. The van der Waals surface area contributed by atoms with Gasteiger partial charge in [-0.25, -0.2) is 0 Å². The molecule has 3 aromatic rings. The van der Waals surface area contributed by atoms with Gasteiger partial charge in [-0.15, -0.1) is 0 Å². The predicted molar refractivity (Wildman–Crippen MR) is 128 cm³/mol. The molecule has 7 heteroatoms. The molecule has 1 heterocycles. The van der Waals surface area contributed by atoms with Crippen LogP contribution >= 0.6 is 11.8 Å². The molecule has 162 valence electrons. The van der Waals surface area contributed by atoms with Gasteiger partial charge in [-0.1, -0.05) is 48.5 Å². The molecule has 0 spiro atoms. The van der Waals surface area contributed by atoms with Crippen molar-refractivity contribution in [3.05, 3.63) is 76.7 Å². The third kappa shape index (κ3) is 5.00. The smallest absolute Gasteiger partial charge is 0.286 e. The summed E-state index contributed by atoms with van der Waals surface area (Å²) in [5.74, 6) is 0.577. The van der Waals surface area contributed by atoms with Gasteiger partial charge in [0.2, 0.25) is 5.91 Å². The third-order valence-corrected chi connectivity index (χ3v) is 5.63. The number of carbonyl (C=O) groups is 2. The van der Waals surface area contributed by atoms with E-state index < -0.39 is 0 Å². The van der Waals surface area contributed by atoms with E-state index in [2.05, 4.69) is 34.6 Å². The Morgan fingerprint density at radius 3 is 2.69 bits per heavy atom. The van der Waals surface area contributed by atoms with Gasteiger partial charge in [-0.3, -0.25) is 9.59 Å². The van der Waals surface area contributed by atoms with Crippen LogP contribution in [0.25, 0.3) is 16.8 Å². The molecule has 4 rings (SSSR count). The first-order chi connectivity index (χ1) is 15.5. The minimum absolute atomic E-state index is 0.267. The number of amides is 2. The predicted octanol–water partition coefficient (Wildman–Crippen LogP) is 4.92. The fourth-order valence-corrected chi connectivity index (χ4v) is 4.20. The van der Waals surface area contributed by atoms with Gasteiger partial charge in [0.05, 0.1) is 11.5 Å². The number of aliphatic imine (C=N–C) groups is 1. The van der Waals surface area contributed by atoms with Crippen LogP contribution in [0.15, 0.2) is 70.6 Å². The van der Waals surface area contributed by atoms with Crippen LogP contribution in [0.3, 0.4) is 0 Å². The number of hydrogen-bond donors (Lipinski definition) is 1. The number of carbonyl (C=O) groups excluding carboxylic acids is 2. The summed E-state index contributed by atoms with van der Waals surface area (Å²) in [7, 11) is 0. The zero-order valence-electron chi connectivity index (χ0n) is 17.8. The molecule has 1 N–H and O–H groups in total. The zero-order chi connectivity index (χ0) is 22.5. The molecule has 0 aromatic heterocycles. The fourth-order valence-electron chi connectivity index (χ4n) is 3.34. The van der Waals surface area contributed by atoms with Crippen molar-refractivity contribution < 1.29 is 19.1 Å². The molecule has 0 aliphatic carbocycles. The third-order valence-electron chi connectivity index (χ3n) is 4.73. The number of rotatable bonds is 6. The first kappa shape index (κ1) is 21.6. The van der Waals surface area contributed by atoms with Gasteiger partial charge < -0.3 is 14.8 Å². The van der Waals surface area contributed by atoms with E-state index in [4.69, 9.17) is 9.47 Å². The molecule has 0 atom stereocenters. The molecule has 32 heavy (non-hydrogen) atoms. The first-order valence-corrected chi connectivity index (χ1v) is 11.0. The molecule has 0 radical (unpaired) electrons. The Labute approximate surface area is 190 Å². The van der Waals surface area contributed by atoms with E-state index in [1.807, 2.05) is 43.3 Å². The van der Waals surface area contributed by atoms with Crippen molar-refractivity contribution in [2.75, 3.05) is 6.61 Å². The Morgan fingerprint density at radius 2 is 1.88 bits per heavy atom. The number of hydrogen-bond acceptors (Lipinski definition) is 5. The fraction of sp³-hybridized carbons (Fsp3) is 0.160. The van der Waals surface area contributed by atoms with Crippen molar-refractivity contribution in [2.24, 2.45) is 4.99 Å². The molecule has 0 saturated heterocycles. The molecule has 6 nitrogen and oxygen atoms in total. The summed E-state index contributed by atoms with van der Waals surface area (Å²) in [5, 5.41) is 5.15. The van der Waals surface area contributed by atoms with Crippen LogP contribution in [0, 0.1) is 0 Å². The lowest BCUT2D eigenvalue weighted by Crippen LogP contribution is -2.23. The molecular formula is C25H22N2O4S. The van der Waals surface area contributed by atoms with Gasteiger partial charge in [0, 0.05) is 6.92 Å². The Bertz CT molecular complexity index is 1240. The van der Waals surface area contributed by atoms with E-state index in [-0.39, 0.29) is 17.0 Å². The summed E-state index contributed by atoms with van der Waals surface area (Å²) in [5.41, 5.74) is 1.87. The van der Waals surface area contributed by atoms with Crippen LogP contribution in [0.2, 0.25) is 0 Å². The van der Waals surface area contributed by atoms with E-state index in [0.717, 1.165) is 28.3 Å². The number of ether oxygens (including phenoxy) is 2. The molecule has 1 aliphatic heterocycles. The maximum Gasteiger partial charge on any atom is 0.286 e. The summed E-state index contributed by atoms with van der Waals surface area (Å²) in [4.78, 5) is 27.6. The molecule has 1 aliphatic rings. The highest BCUT2D eigenvalue weighted by Crippen LogP contribution is 2.33. The Kier molecular flexibility index (Phi) is 6.56. The second kappa shape index (κ2) is 9.70. The molecule has 0 bridgehead atoms. The van der Waals surface area contributed by atoms with Crippen molar-refractivity contribution in [2.45, 2.75) is 20.5 Å². The monoisotopic (exact) mass is 446 g/mol. The lowest BCUT2D eigenvalue weighted by molar-refractivity contribution is -0.117. The maximum atomic E-state index is 12.1. The van der Waals surface area contributed by atoms with Crippen LogP contribution in [0.5, 0.6) is 11.5 Å². The first-order valence-electron chi connectivity index (χ1n) is 10.2. The SMILES string of the molecule is CCOc1cc(/C=C2\SC(NC(C)=O)=NC2=O)ccc1OCc1cccc2ccccc12. The topological polar surface area (TPSA) is 77.0 Å². The average Bonchev–Trinajstić information content (AvgIpc) is 3.11. The van der Waals surface area contributed by atoms with Gasteiger partial charge in [0.15, 0.2) is 16.7 Å². The number of benzene rings is 3. The van der Waals surface area contributed by atoms with Crippen LogP contribution in [-0.4, -0.2) is 23.6 Å². The maximum absolute atomic E-state index is 12.1. The van der Waals surface area contributed by atoms with E-state index in [0.29, 0.717) is 29.6 Å².